The van der Waals surface area contributed by atoms with Gasteiger partial charge < -0.3 is 5.11 Å². The molecule has 0 bridgehead atoms. The van der Waals surface area contributed by atoms with Crippen LogP contribution >= 0.6 is 0 Å². The number of nitrogens with zero attached hydrogens (tertiary/aromatic N) is 3. The van der Waals surface area contributed by atoms with Crippen LogP contribution in [-0.2, 0) is 11.8 Å². The molecular weight excluding hydrogens is 206 g/mol. The lowest BCUT2D eigenvalue weighted by atomic mass is 10.1. The van der Waals surface area contributed by atoms with Crippen LogP contribution < -0.4 is 0 Å². The highest BCUT2D eigenvalue weighted by atomic mass is 16.4. The fraction of sp³-hybridized carbons (Fsp3) is 0.636. The van der Waals surface area contributed by atoms with Crippen molar-refractivity contribution in [3.8, 4) is 0 Å². The first kappa shape index (κ1) is 11.1. The van der Waals surface area contributed by atoms with E-state index < -0.39 is 5.97 Å². The van der Waals surface area contributed by atoms with Crippen molar-refractivity contribution in [1.82, 2.24) is 14.7 Å². The molecule has 1 aliphatic heterocycles. The molecule has 1 fully saturated rings. The van der Waals surface area contributed by atoms with Gasteiger partial charge in [0.05, 0.1) is 18.3 Å². The zero-order chi connectivity index (χ0) is 11.7. The molecule has 0 spiro atoms. The Morgan fingerprint density at radius 1 is 1.69 bits per heavy atom. The standard InChI is InChI=1S/C11H17N3O2/c1-8-6-9(12-13(8)2)10-4-3-5-14(10)7-11(15)16/h6,10H,3-5,7H2,1-2H3,(H,15,16)/t10-/m1/s1. The molecule has 1 saturated heterocycles. The van der Waals surface area contributed by atoms with Gasteiger partial charge in [-0.25, -0.2) is 0 Å². The molecule has 0 aliphatic carbocycles. The van der Waals surface area contributed by atoms with Gasteiger partial charge in [-0.2, -0.15) is 5.10 Å². The average Bonchev–Trinajstić information content (AvgIpc) is 2.74. The Morgan fingerprint density at radius 2 is 2.44 bits per heavy atom. The number of likely N-dealkylation sites (tertiary alicyclic amines) is 1. The van der Waals surface area contributed by atoms with E-state index in [1.165, 1.54) is 0 Å². The highest BCUT2D eigenvalue weighted by Gasteiger charge is 2.29. The minimum atomic E-state index is -0.764. The van der Waals surface area contributed by atoms with Crippen LogP contribution in [0.15, 0.2) is 6.07 Å². The van der Waals surface area contributed by atoms with Gasteiger partial charge in [-0.3, -0.25) is 14.4 Å². The SMILES string of the molecule is Cc1cc([C@H]2CCCN2CC(=O)O)nn1C. The summed E-state index contributed by atoms with van der Waals surface area (Å²) in [5.41, 5.74) is 2.11. The van der Waals surface area contributed by atoms with Crippen LogP contribution in [0.3, 0.4) is 0 Å². The molecule has 0 unspecified atom stereocenters. The molecule has 1 N–H and O–H groups in total. The number of rotatable bonds is 3. The number of aliphatic carboxylic acids is 1. The molecule has 2 heterocycles. The summed E-state index contributed by atoms with van der Waals surface area (Å²) < 4.78 is 1.84. The van der Waals surface area contributed by atoms with E-state index in [0.717, 1.165) is 30.8 Å². The molecule has 1 aliphatic rings. The first-order chi connectivity index (χ1) is 7.58. The Morgan fingerprint density at radius 3 is 3.00 bits per heavy atom. The van der Waals surface area contributed by atoms with E-state index in [0.29, 0.717) is 0 Å². The maximum Gasteiger partial charge on any atom is 0.317 e. The minimum Gasteiger partial charge on any atom is -0.480 e. The Balaban J connectivity index is 2.16. The van der Waals surface area contributed by atoms with E-state index in [9.17, 15) is 4.79 Å². The smallest absolute Gasteiger partial charge is 0.317 e. The zero-order valence-electron chi connectivity index (χ0n) is 9.68. The molecule has 0 amide bonds. The number of hydrogen-bond donors (Lipinski definition) is 1. The van der Waals surface area contributed by atoms with Crippen LogP contribution in [0.1, 0.15) is 30.3 Å². The Labute approximate surface area is 94.7 Å². The Bertz CT molecular complexity index is 380. The third-order valence-electron chi connectivity index (χ3n) is 3.18. The number of carboxylic acid groups (broad SMARTS) is 1. The molecule has 1 atom stereocenters. The van der Waals surface area contributed by atoms with Crippen molar-refractivity contribution in [3.63, 3.8) is 0 Å². The quantitative estimate of drug-likeness (QED) is 0.829. The van der Waals surface area contributed by atoms with Crippen molar-refractivity contribution in [2.45, 2.75) is 25.8 Å². The summed E-state index contributed by atoms with van der Waals surface area (Å²) in [7, 11) is 1.91. The predicted octanol–water partition coefficient (Wildman–Crippen LogP) is 0.950. The monoisotopic (exact) mass is 223 g/mol. The molecule has 0 aromatic carbocycles. The number of carbonyl (C=O) groups is 1. The second-order valence-corrected chi connectivity index (χ2v) is 4.36. The van der Waals surface area contributed by atoms with E-state index in [2.05, 4.69) is 5.10 Å². The largest absolute Gasteiger partial charge is 0.480 e. The van der Waals surface area contributed by atoms with Crippen LogP contribution in [0, 0.1) is 6.92 Å². The van der Waals surface area contributed by atoms with Crippen molar-refractivity contribution >= 4 is 5.97 Å². The van der Waals surface area contributed by atoms with Gasteiger partial charge in [0.1, 0.15) is 0 Å². The van der Waals surface area contributed by atoms with Gasteiger partial charge >= 0.3 is 5.97 Å². The molecule has 88 valence electrons. The normalized spacial score (nSPS) is 21.5. The van der Waals surface area contributed by atoms with Gasteiger partial charge in [-0.1, -0.05) is 0 Å². The molecule has 0 saturated carbocycles. The van der Waals surface area contributed by atoms with Crippen molar-refractivity contribution in [1.29, 1.82) is 0 Å². The number of carboxylic acids is 1. The number of hydrogen-bond acceptors (Lipinski definition) is 3. The third kappa shape index (κ3) is 2.09. The van der Waals surface area contributed by atoms with E-state index in [-0.39, 0.29) is 12.6 Å². The summed E-state index contributed by atoms with van der Waals surface area (Å²) in [5.74, 6) is -0.764. The average molecular weight is 223 g/mol. The lowest BCUT2D eigenvalue weighted by molar-refractivity contribution is -0.138. The van der Waals surface area contributed by atoms with Crippen LogP contribution in [0.4, 0.5) is 0 Å². The highest BCUT2D eigenvalue weighted by Crippen LogP contribution is 2.30. The minimum absolute atomic E-state index is 0.111. The van der Waals surface area contributed by atoms with Crippen LogP contribution in [0.5, 0.6) is 0 Å². The molecule has 16 heavy (non-hydrogen) atoms. The van der Waals surface area contributed by atoms with Gasteiger partial charge in [-0.05, 0) is 32.4 Å². The maximum atomic E-state index is 10.7. The Hall–Kier alpha value is -1.36. The van der Waals surface area contributed by atoms with Gasteiger partial charge in [0.15, 0.2) is 0 Å². The fourth-order valence-corrected chi connectivity index (χ4v) is 2.28. The van der Waals surface area contributed by atoms with E-state index in [1.54, 1.807) is 0 Å². The summed E-state index contributed by atoms with van der Waals surface area (Å²) in [4.78, 5) is 12.7. The molecule has 0 radical (unpaired) electrons. The van der Waals surface area contributed by atoms with Crippen LogP contribution in [0.25, 0.3) is 0 Å². The van der Waals surface area contributed by atoms with Gasteiger partial charge in [-0.15, -0.1) is 0 Å². The molecule has 1 aromatic heterocycles. The van der Waals surface area contributed by atoms with E-state index >= 15 is 0 Å². The lowest BCUT2D eigenvalue weighted by Gasteiger charge is -2.20. The molecule has 1 aromatic rings. The molecular formula is C11H17N3O2. The summed E-state index contributed by atoms with van der Waals surface area (Å²) in [6, 6.07) is 2.22. The summed E-state index contributed by atoms with van der Waals surface area (Å²) in [5, 5.41) is 13.3. The van der Waals surface area contributed by atoms with Crippen molar-refractivity contribution < 1.29 is 9.90 Å². The molecule has 5 heteroatoms. The van der Waals surface area contributed by atoms with E-state index in [1.807, 2.05) is 29.6 Å². The molecule has 2 rings (SSSR count). The van der Waals surface area contributed by atoms with Crippen molar-refractivity contribution in [2.24, 2.45) is 7.05 Å². The predicted molar refractivity (Wildman–Crippen MR) is 59.1 cm³/mol. The van der Waals surface area contributed by atoms with Crippen LogP contribution in [0.2, 0.25) is 0 Å². The van der Waals surface area contributed by atoms with Crippen LogP contribution in [-0.4, -0.2) is 38.8 Å². The third-order valence-corrected chi connectivity index (χ3v) is 3.18. The summed E-state index contributed by atoms with van der Waals surface area (Å²) in [6.45, 7) is 2.97. The second-order valence-electron chi connectivity index (χ2n) is 4.36. The highest BCUT2D eigenvalue weighted by molar-refractivity contribution is 5.69. The number of aryl methyl sites for hydroxylation is 2. The fourth-order valence-electron chi connectivity index (χ4n) is 2.28. The summed E-state index contributed by atoms with van der Waals surface area (Å²) in [6.07, 6.45) is 2.05. The molecule has 5 nitrogen and oxygen atoms in total. The number of aromatic nitrogens is 2. The first-order valence-corrected chi connectivity index (χ1v) is 5.54. The van der Waals surface area contributed by atoms with E-state index in [4.69, 9.17) is 5.11 Å². The zero-order valence-corrected chi connectivity index (χ0v) is 9.68. The Kier molecular flexibility index (Phi) is 2.96. The second kappa shape index (κ2) is 4.25. The van der Waals surface area contributed by atoms with Crippen molar-refractivity contribution in [3.05, 3.63) is 17.5 Å². The first-order valence-electron chi connectivity index (χ1n) is 5.54. The summed E-state index contributed by atoms with van der Waals surface area (Å²) >= 11 is 0. The maximum absolute atomic E-state index is 10.7. The van der Waals surface area contributed by atoms with Gasteiger partial charge in [0, 0.05) is 12.7 Å². The van der Waals surface area contributed by atoms with Gasteiger partial charge in [0.2, 0.25) is 0 Å². The van der Waals surface area contributed by atoms with Gasteiger partial charge in [0.25, 0.3) is 0 Å². The lowest BCUT2D eigenvalue weighted by Crippen LogP contribution is -2.29. The van der Waals surface area contributed by atoms with Crippen molar-refractivity contribution in [2.75, 3.05) is 13.1 Å². The topological polar surface area (TPSA) is 58.4 Å².